The number of aromatic nitrogens is 3. The maximum atomic E-state index is 5.49. The summed E-state index contributed by atoms with van der Waals surface area (Å²) >= 11 is 0. The van der Waals surface area contributed by atoms with Crippen LogP contribution in [0.15, 0.2) is 18.2 Å². The summed E-state index contributed by atoms with van der Waals surface area (Å²) < 4.78 is 10.7. The third-order valence-corrected chi connectivity index (χ3v) is 2.59. The molecule has 0 atom stereocenters. The van der Waals surface area contributed by atoms with Crippen LogP contribution in [0.2, 0.25) is 0 Å². The first-order chi connectivity index (χ1) is 9.22. The number of nitrogens with zero attached hydrogens (tertiary/aromatic N) is 3. The Morgan fingerprint density at radius 3 is 2.68 bits per heavy atom. The highest BCUT2D eigenvalue weighted by molar-refractivity contribution is 5.49. The molecule has 1 aromatic heterocycles. The zero-order valence-electron chi connectivity index (χ0n) is 9.96. The zero-order chi connectivity index (χ0) is 13.2. The fourth-order valence-corrected chi connectivity index (χ4v) is 1.79. The van der Waals surface area contributed by atoms with Crippen LogP contribution in [0.5, 0.6) is 11.5 Å². The summed E-state index contributed by atoms with van der Waals surface area (Å²) in [6.07, 6.45) is 0. The van der Waals surface area contributed by atoms with E-state index in [0.717, 1.165) is 17.1 Å². The molecule has 1 aromatic carbocycles. The van der Waals surface area contributed by atoms with Gasteiger partial charge in [0.15, 0.2) is 11.5 Å². The van der Waals surface area contributed by atoms with Crippen molar-refractivity contribution in [1.82, 2.24) is 15.0 Å². The summed E-state index contributed by atoms with van der Waals surface area (Å²) in [7, 11) is 0. The summed E-state index contributed by atoms with van der Waals surface area (Å²) in [5.74, 6) is 1.93. The van der Waals surface area contributed by atoms with Crippen molar-refractivity contribution in [2.45, 2.75) is 6.54 Å². The Balaban J connectivity index is 1.78. The second-order valence-electron chi connectivity index (χ2n) is 3.88. The fourth-order valence-electron chi connectivity index (χ4n) is 1.79. The van der Waals surface area contributed by atoms with Crippen molar-refractivity contribution in [3.8, 4) is 11.5 Å². The number of fused-ring (bicyclic) bond motifs is 1. The number of nitrogens with two attached hydrogens (primary N) is 2. The first-order valence-electron chi connectivity index (χ1n) is 5.61. The Hall–Kier alpha value is -2.77. The Labute approximate surface area is 108 Å². The molecule has 8 heteroatoms. The Morgan fingerprint density at radius 1 is 1.11 bits per heavy atom. The number of hydrogen-bond donors (Lipinski definition) is 3. The van der Waals surface area contributed by atoms with E-state index in [9.17, 15) is 0 Å². The number of anilines is 3. The summed E-state index contributed by atoms with van der Waals surface area (Å²) in [6, 6.07) is 5.67. The number of para-hydroxylation sites is 1. The van der Waals surface area contributed by atoms with E-state index in [1.165, 1.54) is 0 Å². The molecule has 1 aliphatic heterocycles. The molecular formula is C11H12N6O2. The van der Waals surface area contributed by atoms with E-state index in [1.807, 2.05) is 18.2 Å². The highest BCUT2D eigenvalue weighted by Crippen LogP contribution is 2.35. The third-order valence-electron chi connectivity index (χ3n) is 2.59. The number of hydrogen-bond acceptors (Lipinski definition) is 8. The maximum absolute atomic E-state index is 5.49. The van der Waals surface area contributed by atoms with E-state index in [2.05, 4.69) is 20.3 Å². The molecule has 8 nitrogen and oxygen atoms in total. The normalized spacial score (nSPS) is 12.4. The number of nitrogen functional groups attached to an aromatic ring is 2. The number of benzene rings is 1. The largest absolute Gasteiger partial charge is 0.454 e. The average molecular weight is 260 g/mol. The summed E-state index contributed by atoms with van der Waals surface area (Å²) in [4.78, 5) is 11.6. The van der Waals surface area contributed by atoms with E-state index in [-0.39, 0.29) is 18.7 Å². The molecule has 0 spiro atoms. The fraction of sp³-hybridized carbons (Fsp3) is 0.182. The van der Waals surface area contributed by atoms with Gasteiger partial charge >= 0.3 is 0 Å². The van der Waals surface area contributed by atoms with Gasteiger partial charge in [-0.05, 0) is 6.07 Å². The molecule has 0 fully saturated rings. The SMILES string of the molecule is Nc1nc(N)nc(NCc2cccc3c2OCO3)n1. The van der Waals surface area contributed by atoms with Crippen LogP contribution in [-0.4, -0.2) is 21.7 Å². The van der Waals surface area contributed by atoms with E-state index in [4.69, 9.17) is 20.9 Å². The van der Waals surface area contributed by atoms with Crippen LogP contribution in [0.1, 0.15) is 5.56 Å². The maximum Gasteiger partial charge on any atom is 0.231 e. The van der Waals surface area contributed by atoms with Gasteiger partial charge in [0.05, 0.1) is 0 Å². The molecule has 19 heavy (non-hydrogen) atoms. The van der Waals surface area contributed by atoms with Gasteiger partial charge in [-0.15, -0.1) is 0 Å². The van der Waals surface area contributed by atoms with Crippen molar-refractivity contribution < 1.29 is 9.47 Å². The van der Waals surface area contributed by atoms with Gasteiger partial charge in [0.2, 0.25) is 24.6 Å². The van der Waals surface area contributed by atoms with E-state index in [0.29, 0.717) is 12.5 Å². The lowest BCUT2D eigenvalue weighted by Gasteiger charge is -2.08. The zero-order valence-corrected chi connectivity index (χ0v) is 9.96. The molecule has 5 N–H and O–H groups in total. The van der Waals surface area contributed by atoms with Gasteiger partial charge in [0.25, 0.3) is 0 Å². The van der Waals surface area contributed by atoms with Crippen LogP contribution < -0.4 is 26.3 Å². The van der Waals surface area contributed by atoms with Gasteiger partial charge in [-0.3, -0.25) is 0 Å². The molecule has 98 valence electrons. The highest BCUT2D eigenvalue weighted by Gasteiger charge is 2.17. The molecule has 0 saturated carbocycles. The third kappa shape index (κ3) is 2.28. The first-order valence-corrected chi connectivity index (χ1v) is 5.61. The van der Waals surface area contributed by atoms with Crippen LogP contribution in [0.25, 0.3) is 0 Å². The highest BCUT2D eigenvalue weighted by atomic mass is 16.7. The molecule has 0 unspecified atom stereocenters. The summed E-state index contributed by atoms with van der Waals surface area (Å²) in [5, 5.41) is 3.01. The second-order valence-corrected chi connectivity index (χ2v) is 3.88. The van der Waals surface area contributed by atoms with E-state index in [1.54, 1.807) is 0 Å². The van der Waals surface area contributed by atoms with Crippen LogP contribution >= 0.6 is 0 Å². The van der Waals surface area contributed by atoms with Crippen LogP contribution in [0.4, 0.5) is 17.8 Å². The smallest absolute Gasteiger partial charge is 0.231 e. The van der Waals surface area contributed by atoms with E-state index < -0.39 is 0 Å². The lowest BCUT2D eigenvalue weighted by Crippen LogP contribution is -2.09. The number of rotatable bonds is 3. The van der Waals surface area contributed by atoms with Gasteiger partial charge in [0.1, 0.15) is 0 Å². The van der Waals surface area contributed by atoms with E-state index >= 15 is 0 Å². The minimum atomic E-state index is 0.0767. The molecule has 3 rings (SSSR count). The quantitative estimate of drug-likeness (QED) is 0.724. The standard InChI is InChI=1S/C11H12N6O2/c12-9-15-10(13)17-11(16-9)14-4-6-2-1-3-7-8(6)19-5-18-7/h1-3H,4-5H2,(H5,12,13,14,15,16,17). The van der Waals surface area contributed by atoms with Crippen LogP contribution in [0.3, 0.4) is 0 Å². The predicted octanol–water partition coefficient (Wildman–Crippen LogP) is 0.377. The van der Waals surface area contributed by atoms with Crippen LogP contribution in [-0.2, 0) is 6.54 Å². The summed E-state index contributed by atoms with van der Waals surface area (Å²) in [5.41, 5.74) is 11.9. The average Bonchev–Trinajstić information content (AvgIpc) is 2.83. The van der Waals surface area contributed by atoms with Crippen molar-refractivity contribution in [3.63, 3.8) is 0 Å². The van der Waals surface area contributed by atoms with Gasteiger partial charge in [-0.25, -0.2) is 0 Å². The molecule has 0 saturated heterocycles. The molecule has 2 aromatic rings. The lowest BCUT2D eigenvalue weighted by molar-refractivity contribution is 0.173. The molecular weight excluding hydrogens is 248 g/mol. The Bertz CT molecular complexity index is 598. The molecule has 1 aliphatic rings. The predicted molar refractivity (Wildman–Crippen MR) is 68.5 cm³/mol. The molecule has 0 radical (unpaired) electrons. The van der Waals surface area contributed by atoms with Crippen LogP contribution in [0, 0.1) is 0 Å². The topological polar surface area (TPSA) is 121 Å². The van der Waals surface area contributed by atoms with Crippen molar-refractivity contribution in [2.24, 2.45) is 0 Å². The first kappa shape index (κ1) is 11.3. The van der Waals surface area contributed by atoms with Crippen molar-refractivity contribution >= 4 is 17.8 Å². The number of ether oxygens (including phenoxy) is 2. The lowest BCUT2D eigenvalue weighted by atomic mass is 10.2. The second kappa shape index (κ2) is 4.48. The minimum absolute atomic E-state index is 0.0767. The number of nitrogens with one attached hydrogen (secondary N) is 1. The van der Waals surface area contributed by atoms with Gasteiger partial charge < -0.3 is 26.3 Å². The Morgan fingerprint density at radius 2 is 1.89 bits per heavy atom. The van der Waals surface area contributed by atoms with Crippen molar-refractivity contribution in [3.05, 3.63) is 23.8 Å². The monoisotopic (exact) mass is 260 g/mol. The molecule has 0 bridgehead atoms. The molecule has 2 heterocycles. The Kier molecular flexibility index (Phi) is 2.67. The van der Waals surface area contributed by atoms with Crippen molar-refractivity contribution in [1.29, 1.82) is 0 Å². The molecule has 0 amide bonds. The minimum Gasteiger partial charge on any atom is -0.454 e. The van der Waals surface area contributed by atoms with Gasteiger partial charge in [-0.1, -0.05) is 12.1 Å². The molecule has 0 aliphatic carbocycles. The van der Waals surface area contributed by atoms with Crippen molar-refractivity contribution in [2.75, 3.05) is 23.6 Å². The summed E-state index contributed by atoms with van der Waals surface area (Å²) in [6.45, 7) is 0.702. The van der Waals surface area contributed by atoms with Gasteiger partial charge in [0, 0.05) is 12.1 Å². The van der Waals surface area contributed by atoms with Gasteiger partial charge in [-0.2, -0.15) is 15.0 Å².